The molecule has 2 aliphatic heterocycles. The largest absolute Gasteiger partial charge is 0.481 e. The Morgan fingerprint density at radius 1 is 1.21 bits per heavy atom. The van der Waals surface area contributed by atoms with Gasteiger partial charge in [-0.15, -0.1) is 0 Å². The van der Waals surface area contributed by atoms with Crippen LogP contribution in [0.4, 0.5) is 0 Å². The van der Waals surface area contributed by atoms with Gasteiger partial charge < -0.3 is 14.7 Å². The number of carboxylic acid groups (broad SMARTS) is 1. The summed E-state index contributed by atoms with van der Waals surface area (Å²) in [5, 5.41) is 13.5. The summed E-state index contributed by atoms with van der Waals surface area (Å²) in [7, 11) is 0. The molecule has 0 radical (unpaired) electrons. The lowest BCUT2D eigenvalue weighted by molar-refractivity contribution is -0.143. The van der Waals surface area contributed by atoms with Gasteiger partial charge in [0.25, 0.3) is 0 Å². The Morgan fingerprint density at radius 2 is 2.00 bits per heavy atom. The second-order valence-electron chi connectivity index (χ2n) is 6.31. The number of carbonyl (C=O) groups excluding carboxylic acids is 1. The molecule has 132 valence electrons. The van der Waals surface area contributed by atoms with Gasteiger partial charge >= 0.3 is 5.97 Å². The summed E-state index contributed by atoms with van der Waals surface area (Å²) in [6, 6.07) is 0.339. The molecule has 3 heterocycles. The molecule has 2 saturated heterocycles. The van der Waals surface area contributed by atoms with E-state index in [1.165, 1.54) is 17.3 Å². The van der Waals surface area contributed by atoms with Crippen molar-refractivity contribution in [1.82, 2.24) is 24.6 Å². The van der Waals surface area contributed by atoms with Gasteiger partial charge in [-0.05, 0) is 12.8 Å². The fourth-order valence-corrected chi connectivity index (χ4v) is 3.36. The van der Waals surface area contributed by atoms with Crippen LogP contribution >= 0.6 is 0 Å². The predicted octanol–water partition coefficient (Wildman–Crippen LogP) is -0.698. The molecule has 0 saturated carbocycles. The molecule has 1 aromatic rings. The van der Waals surface area contributed by atoms with E-state index < -0.39 is 11.9 Å². The standard InChI is InChI=1S/C15H23N5O4/c21-14(9-20-11-16-10-17-20)19-4-3-18(7-12(8-19)15(22)23)13-1-5-24-6-2-13/h10-13H,1-9H2,(H,22,23). The zero-order valence-electron chi connectivity index (χ0n) is 13.6. The first-order valence-electron chi connectivity index (χ1n) is 8.28. The molecule has 1 unspecified atom stereocenters. The number of carbonyl (C=O) groups is 2. The Bertz CT molecular complexity index is 558. The van der Waals surface area contributed by atoms with Gasteiger partial charge in [0.2, 0.25) is 5.91 Å². The summed E-state index contributed by atoms with van der Waals surface area (Å²) in [5.74, 6) is -1.55. The van der Waals surface area contributed by atoms with E-state index in [0.717, 1.165) is 12.8 Å². The van der Waals surface area contributed by atoms with Gasteiger partial charge in [0, 0.05) is 45.4 Å². The van der Waals surface area contributed by atoms with Gasteiger partial charge in [-0.1, -0.05) is 0 Å². The number of aliphatic carboxylic acids is 1. The molecule has 1 N–H and O–H groups in total. The second kappa shape index (κ2) is 7.71. The van der Waals surface area contributed by atoms with Gasteiger partial charge in [0.15, 0.2) is 0 Å². The molecule has 1 aromatic heterocycles. The Balaban J connectivity index is 1.66. The maximum atomic E-state index is 12.5. The molecule has 0 aliphatic carbocycles. The van der Waals surface area contributed by atoms with Crippen molar-refractivity contribution in [2.75, 3.05) is 39.4 Å². The summed E-state index contributed by atoms with van der Waals surface area (Å²) >= 11 is 0. The fourth-order valence-electron chi connectivity index (χ4n) is 3.36. The summed E-state index contributed by atoms with van der Waals surface area (Å²) in [6.07, 6.45) is 4.69. The molecule has 3 rings (SSSR count). The van der Waals surface area contributed by atoms with Crippen LogP contribution in [0.5, 0.6) is 0 Å². The Labute approximate surface area is 140 Å². The van der Waals surface area contributed by atoms with Crippen molar-refractivity contribution in [3.8, 4) is 0 Å². The van der Waals surface area contributed by atoms with E-state index in [0.29, 0.717) is 38.9 Å². The molecular weight excluding hydrogens is 314 g/mol. The van der Waals surface area contributed by atoms with Crippen LogP contribution in [0.2, 0.25) is 0 Å². The Hall–Kier alpha value is -2.00. The van der Waals surface area contributed by atoms with Crippen molar-refractivity contribution < 1.29 is 19.4 Å². The van der Waals surface area contributed by atoms with E-state index in [-0.39, 0.29) is 19.0 Å². The average Bonchev–Trinajstić information content (AvgIpc) is 2.98. The topological polar surface area (TPSA) is 101 Å². The van der Waals surface area contributed by atoms with Gasteiger partial charge in [0.05, 0.1) is 5.92 Å². The minimum Gasteiger partial charge on any atom is -0.481 e. The summed E-state index contributed by atoms with van der Waals surface area (Å²) in [6.45, 7) is 3.47. The van der Waals surface area contributed by atoms with Crippen molar-refractivity contribution in [3.63, 3.8) is 0 Å². The average molecular weight is 337 g/mol. The normalized spacial score (nSPS) is 23.8. The van der Waals surface area contributed by atoms with Crippen LogP contribution in [0, 0.1) is 5.92 Å². The van der Waals surface area contributed by atoms with Crippen LogP contribution < -0.4 is 0 Å². The lowest BCUT2D eigenvalue weighted by Crippen LogP contribution is -2.43. The molecule has 2 fully saturated rings. The molecule has 9 nitrogen and oxygen atoms in total. The number of nitrogens with zero attached hydrogens (tertiary/aromatic N) is 5. The first-order valence-corrected chi connectivity index (χ1v) is 8.28. The number of carboxylic acids is 1. The molecular formula is C15H23N5O4. The van der Waals surface area contributed by atoms with Gasteiger partial charge in [-0.3, -0.25) is 14.5 Å². The number of aromatic nitrogens is 3. The van der Waals surface area contributed by atoms with Crippen molar-refractivity contribution in [3.05, 3.63) is 12.7 Å². The first kappa shape index (κ1) is 16.8. The highest BCUT2D eigenvalue weighted by Gasteiger charge is 2.33. The Kier molecular flexibility index (Phi) is 5.41. The van der Waals surface area contributed by atoms with Gasteiger partial charge in [0.1, 0.15) is 19.2 Å². The van der Waals surface area contributed by atoms with Crippen LogP contribution in [-0.2, 0) is 20.9 Å². The monoisotopic (exact) mass is 337 g/mol. The molecule has 24 heavy (non-hydrogen) atoms. The van der Waals surface area contributed by atoms with Gasteiger partial charge in [-0.2, -0.15) is 5.10 Å². The third-order valence-corrected chi connectivity index (χ3v) is 4.73. The van der Waals surface area contributed by atoms with Crippen molar-refractivity contribution in [2.45, 2.75) is 25.4 Å². The highest BCUT2D eigenvalue weighted by molar-refractivity contribution is 5.77. The van der Waals surface area contributed by atoms with Crippen molar-refractivity contribution in [2.24, 2.45) is 5.92 Å². The maximum Gasteiger partial charge on any atom is 0.309 e. The number of hydrogen-bond acceptors (Lipinski definition) is 6. The van der Waals surface area contributed by atoms with Crippen LogP contribution in [0.1, 0.15) is 12.8 Å². The lowest BCUT2D eigenvalue weighted by Gasteiger charge is -2.34. The SMILES string of the molecule is O=C(O)C1CN(C(=O)Cn2cncn2)CCN(C2CCOCC2)C1. The number of rotatable bonds is 4. The van der Waals surface area contributed by atoms with Crippen molar-refractivity contribution in [1.29, 1.82) is 0 Å². The quantitative estimate of drug-likeness (QED) is 0.775. The first-order chi connectivity index (χ1) is 11.6. The zero-order chi connectivity index (χ0) is 16.9. The van der Waals surface area contributed by atoms with Crippen molar-refractivity contribution >= 4 is 11.9 Å². The Morgan fingerprint density at radius 3 is 2.67 bits per heavy atom. The third kappa shape index (κ3) is 4.09. The van der Waals surface area contributed by atoms with Crippen LogP contribution in [0.15, 0.2) is 12.7 Å². The van der Waals surface area contributed by atoms with Crippen LogP contribution in [0.25, 0.3) is 0 Å². The summed E-state index contributed by atoms with van der Waals surface area (Å²) < 4.78 is 6.85. The summed E-state index contributed by atoms with van der Waals surface area (Å²) in [4.78, 5) is 31.8. The molecule has 9 heteroatoms. The van der Waals surface area contributed by atoms with Gasteiger partial charge in [-0.25, -0.2) is 9.67 Å². The molecule has 1 atom stereocenters. The highest BCUT2D eigenvalue weighted by Crippen LogP contribution is 2.19. The van der Waals surface area contributed by atoms with E-state index in [1.807, 2.05) is 0 Å². The number of amides is 1. The smallest absolute Gasteiger partial charge is 0.309 e. The minimum absolute atomic E-state index is 0.0869. The van der Waals surface area contributed by atoms with Crippen LogP contribution in [0.3, 0.4) is 0 Å². The third-order valence-electron chi connectivity index (χ3n) is 4.73. The predicted molar refractivity (Wildman–Crippen MR) is 83.1 cm³/mol. The van der Waals surface area contributed by atoms with E-state index in [1.54, 1.807) is 4.90 Å². The molecule has 2 aliphatic rings. The minimum atomic E-state index is -0.854. The summed E-state index contributed by atoms with van der Waals surface area (Å²) in [5.41, 5.74) is 0. The van der Waals surface area contributed by atoms with E-state index in [2.05, 4.69) is 15.0 Å². The molecule has 0 aromatic carbocycles. The maximum absolute atomic E-state index is 12.5. The fraction of sp³-hybridized carbons (Fsp3) is 0.733. The van der Waals surface area contributed by atoms with E-state index in [4.69, 9.17) is 4.74 Å². The lowest BCUT2D eigenvalue weighted by atomic mass is 10.0. The molecule has 0 bridgehead atoms. The second-order valence-corrected chi connectivity index (χ2v) is 6.31. The molecule has 0 spiro atoms. The number of hydrogen-bond donors (Lipinski definition) is 1. The van der Waals surface area contributed by atoms with E-state index >= 15 is 0 Å². The molecule has 1 amide bonds. The zero-order valence-corrected chi connectivity index (χ0v) is 13.6. The number of ether oxygens (including phenoxy) is 1. The van der Waals surface area contributed by atoms with E-state index in [9.17, 15) is 14.7 Å². The highest BCUT2D eigenvalue weighted by atomic mass is 16.5. The van der Waals surface area contributed by atoms with Crippen LogP contribution in [-0.4, -0.2) is 87.0 Å².